The number of sulfone groups is 1. The van der Waals surface area contributed by atoms with Crippen LogP contribution < -0.4 is 10.5 Å². The van der Waals surface area contributed by atoms with Crippen LogP contribution in [0.4, 0.5) is 0 Å². The first-order chi connectivity index (χ1) is 11.3. The molecule has 7 heteroatoms. The zero-order chi connectivity index (χ0) is 17.7. The smallest absolute Gasteiger partial charge is 0.226 e. The van der Waals surface area contributed by atoms with Crippen LogP contribution in [-0.4, -0.2) is 51.2 Å². The van der Waals surface area contributed by atoms with E-state index in [4.69, 9.17) is 10.5 Å². The zero-order valence-electron chi connectivity index (χ0n) is 14.3. The number of carbonyl (C=O) groups is 1. The average Bonchev–Trinajstić information content (AvgIpc) is 2.54. The summed E-state index contributed by atoms with van der Waals surface area (Å²) in [5.74, 6) is 1.22. The first-order valence-electron chi connectivity index (χ1n) is 8.23. The van der Waals surface area contributed by atoms with Gasteiger partial charge in [0.15, 0.2) is 9.84 Å². The fourth-order valence-electron chi connectivity index (χ4n) is 2.99. The molecule has 1 heterocycles. The molecule has 0 aliphatic carbocycles. The molecule has 2 N–H and O–H groups in total. The van der Waals surface area contributed by atoms with E-state index in [0.29, 0.717) is 24.6 Å². The Morgan fingerprint density at radius 2 is 2.00 bits per heavy atom. The van der Waals surface area contributed by atoms with Crippen LogP contribution in [0.3, 0.4) is 0 Å². The topological polar surface area (TPSA) is 89.7 Å². The Labute approximate surface area is 143 Å². The fraction of sp³-hybridized carbons (Fsp3) is 0.588. The molecule has 1 aromatic rings. The number of carbonyl (C=O) groups excluding carboxylic acids is 1. The molecule has 2 rings (SSSR count). The highest BCUT2D eigenvalue weighted by Gasteiger charge is 2.28. The lowest BCUT2D eigenvalue weighted by Crippen LogP contribution is -2.49. The van der Waals surface area contributed by atoms with E-state index in [0.717, 1.165) is 25.6 Å². The molecule has 6 nitrogen and oxygen atoms in total. The standard InChI is InChI=1S/C17H26N2O4S/c1-13-7-9-19(14(11-13)12-18)17(20)8-10-23-15-3-5-16(6-4-15)24(2,21)22/h3-6,13-14H,7-12,18H2,1-2H3. The lowest BCUT2D eigenvalue weighted by Gasteiger charge is -2.38. The predicted octanol–water partition coefficient (Wildman–Crippen LogP) is 1.44. The summed E-state index contributed by atoms with van der Waals surface area (Å²) in [6.07, 6.45) is 3.42. The van der Waals surface area contributed by atoms with Crippen molar-refractivity contribution in [3.05, 3.63) is 24.3 Å². The monoisotopic (exact) mass is 354 g/mol. The van der Waals surface area contributed by atoms with Gasteiger partial charge in [-0.3, -0.25) is 4.79 Å². The van der Waals surface area contributed by atoms with Crippen molar-refractivity contribution in [2.75, 3.05) is 26.0 Å². The molecule has 0 aromatic heterocycles. The normalized spacial score (nSPS) is 21.5. The lowest BCUT2D eigenvalue weighted by atomic mass is 9.92. The summed E-state index contributed by atoms with van der Waals surface area (Å²) in [5, 5.41) is 0. The summed E-state index contributed by atoms with van der Waals surface area (Å²) in [5.41, 5.74) is 5.79. The number of benzene rings is 1. The van der Waals surface area contributed by atoms with E-state index in [2.05, 4.69) is 6.92 Å². The van der Waals surface area contributed by atoms with Crippen LogP contribution >= 0.6 is 0 Å². The third kappa shape index (κ3) is 4.95. The van der Waals surface area contributed by atoms with Crippen molar-refractivity contribution in [1.29, 1.82) is 0 Å². The minimum absolute atomic E-state index is 0.0603. The van der Waals surface area contributed by atoms with Gasteiger partial charge in [-0.05, 0) is 43.0 Å². The van der Waals surface area contributed by atoms with E-state index < -0.39 is 9.84 Å². The minimum Gasteiger partial charge on any atom is -0.493 e. The van der Waals surface area contributed by atoms with Gasteiger partial charge >= 0.3 is 0 Å². The Hall–Kier alpha value is -1.60. The Balaban J connectivity index is 1.84. The third-order valence-electron chi connectivity index (χ3n) is 4.41. The van der Waals surface area contributed by atoms with Crippen LogP contribution in [0, 0.1) is 5.92 Å². The number of piperidine rings is 1. The van der Waals surface area contributed by atoms with E-state index in [1.807, 2.05) is 4.90 Å². The summed E-state index contributed by atoms with van der Waals surface area (Å²) >= 11 is 0. The van der Waals surface area contributed by atoms with Crippen molar-refractivity contribution in [2.24, 2.45) is 11.7 Å². The van der Waals surface area contributed by atoms with Gasteiger partial charge in [-0.25, -0.2) is 8.42 Å². The molecule has 1 aromatic carbocycles. The minimum atomic E-state index is -3.21. The molecule has 1 saturated heterocycles. The SMILES string of the molecule is CC1CCN(C(=O)CCOc2ccc(S(C)(=O)=O)cc2)C(CN)C1. The summed E-state index contributed by atoms with van der Waals surface area (Å²) in [6, 6.07) is 6.33. The van der Waals surface area contributed by atoms with Crippen molar-refractivity contribution in [1.82, 2.24) is 4.90 Å². The molecule has 1 amide bonds. The molecule has 1 aliphatic rings. The second kappa shape index (κ2) is 7.98. The van der Waals surface area contributed by atoms with Crippen LogP contribution in [0.1, 0.15) is 26.2 Å². The van der Waals surface area contributed by atoms with Crippen molar-refractivity contribution in [2.45, 2.75) is 37.1 Å². The Morgan fingerprint density at radius 1 is 1.33 bits per heavy atom. The number of rotatable bonds is 6. The van der Waals surface area contributed by atoms with E-state index in [-0.39, 0.29) is 23.5 Å². The molecule has 0 saturated carbocycles. The first-order valence-corrected chi connectivity index (χ1v) is 10.1. The Bertz CT molecular complexity index is 658. The molecular formula is C17H26N2O4S. The number of ether oxygens (including phenoxy) is 1. The van der Waals surface area contributed by atoms with Gasteiger partial charge in [0.05, 0.1) is 17.9 Å². The molecule has 2 unspecified atom stereocenters. The second-order valence-corrected chi connectivity index (χ2v) is 8.46. The van der Waals surface area contributed by atoms with Gasteiger partial charge in [0, 0.05) is 25.4 Å². The highest BCUT2D eigenvalue weighted by Crippen LogP contribution is 2.22. The number of nitrogens with zero attached hydrogens (tertiary/aromatic N) is 1. The van der Waals surface area contributed by atoms with Crippen LogP contribution in [0.2, 0.25) is 0 Å². The van der Waals surface area contributed by atoms with E-state index >= 15 is 0 Å². The van der Waals surface area contributed by atoms with Gasteiger partial charge in [0.1, 0.15) is 5.75 Å². The summed E-state index contributed by atoms with van der Waals surface area (Å²) in [7, 11) is -3.21. The maximum atomic E-state index is 12.4. The van der Waals surface area contributed by atoms with Gasteiger partial charge in [0.2, 0.25) is 5.91 Å². The molecule has 134 valence electrons. The van der Waals surface area contributed by atoms with Crippen LogP contribution in [0.15, 0.2) is 29.2 Å². The molecule has 1 aliphatic heterocycles. The van der Waals surface area contributed by atoms with Crippen molar-refractivity contribution in [3.8, 4) is 5.75 Å². The maximum Gasteiger partial charge on any atom is 0.226 e. The number of hydrogen-bond donors (Lipinski definition) is 1. The molecule has 0 radical (unpaired) electrons. The maximum absolute atomic E-state index is 12.4. The third-order valence-corrected chi connectivity index (χ3v) is 5.54. The first kappa shape index (κ1) is 18.7. The zero-order valence-corrected chi connectivity index (χ0v) is 15.1. The number of hydrogen-bond acceptors (Lipinski definition) is 5. The number of likely N-dealkylation sites (tertiary alicyclic amines) is 1. The number of nitrogens with two attached hydrogens (primary N) is 1. The second-order valence-electron chi connectivity index (χ2n) is 6.45. The van der Waals surface area contributed by atoms with Crippen LogP contribution in [0.25, 0.3) is 0 Å². The lowest BCUT2D eigenvalue weighted by molar-refractivity contribution is -0.135. The van der Waals surface area contributed by atoms with E-state index in [1.165, 1.54) is 12.1 Å². The number of amides is 1. The molecule has 24 heavy (non-hydrogen) atoms. The quantitative estimate of drug-likeness (QED) is 0.835. The van der Waals surface area contributed by atoms with Crippen LogP contribution in [-0.2, 0) is 14.6 Å². The molecule has 1 fully saturated rings. The average molecular weight is 354 g/mol. The van der Waals surface area contributed by atoms with Crippen LogP contribution in [0.5, 0.6) is 5.75 Å². The Morgan fingerprint density at radius 3 is 2.58 bits per heavy atom. The largest absolute Gasteiger partial charge is 0.493 e. The van der Waals surface area contributed by atoms with Gasteiger partial charge in [-0.1, -0.05) is 6.92 Å². The highest BCUT2D eigenvalue weighted by atomic mass is 32.2. The Kier molecular flexibility index (Phi) is 6.23. The summed E-state index contributed by atoms with van der Waals surface area (Å²) < 4.78 is 28.4. The summed E-state index contributed by atoms with van der Waals surface area (Å²) in [6.45, 7) is 3.70. The van der Waals surface area contributed by atoms with Gasteiger partial charge in [-0.2, -0.15) is 0 Å². The van der Waals surface area contributed by atoms with Gasteiger partial charge in [0.25, 0.3) is 0 Å². The molecule has 0 spiro atoms. The van der Waals surface area contributed by atoms with E-state index in [1.54, 1.807) is 12.1 Å². The van der Waals surface area contributed by atoms with E-state index in [9.17, 15) is 13.2 Å². The molecule has 2 atom stereocenters. The predicted molar refractivity (Wildman–Crippen MR) is 92.6 cm³/mol. The molecule has 0 bridgehead atoms. The van der Waals surface area contributed by atoms with Gasteiger partial charge in [-0.15, -0.1) is 0 Å². The molecular weight excluding hydrogens is 328 g/mol. The van der Waals surface area contributed by atoms with Crippen molar-refractivity contribution >= 4 is 15.7 Å². The van der Waals surface area contributed by atoms with Crippen molar-refractivity contribution in [3.63, 3.8) is 0 Å². The van der Waals surface area contributed by atoms with Gasteiger partial charge < -0.3 is 15.4 Å². The van der Waals surface area contributed by atoms with Crippen molar-refractivity contribution < 1.29 is 17.9 Å². The fourth-order valence-corrected chi connectivity index (χ4v) is 3.62. The summed E-state index contributed by atoms with van der Waals surface area (Å²) in [4.78, 5) is 14.5. The highest BCUT2D eigenvalue weighted by molar-refractivity contribution is 7.90.